The lowest BCUT2D eigenvalue weighted by molar-refractivity contribution is -0.137. The molecular weight excluding hydrogens is 487 g/mol. The summed E-state index contributed by atoms with van der Waals surface area (Å²) in [5.41, 5.74) is -0.0883. The fourth-order valence-electron chi connectivity index (χ4n) is 3.97. The van der Waals surface area contributed by atoms with E-state index in [0.29, 0.717) is 0 Å². The Labute approximate surface area is 204 Å². The van der Waals surface area contributed by atoms with E-state index < -0.39 is 17.6 Å². The van der Waals surface area contributed by atoms with Gasteiger partial charge in [-0.15, -0.1) is 11.8 Å². The lowest BCUT2D eigenvalue weighted by atomic mass is 10.1. The number of para-hydroxylation sites is 1. The third-order valence-electron chi connectivity index (χ3n) is 5.69. The van der Waals surface area contributed by atoms with Gasteiger partial charge in [-0.05, 0) is 43.5 Å². The second-order valence-electron chi connectivity index (χ2n) is 8.11. The molecule has 4 rings (SSSR count). The largest absolute Gasteiger partial charge is 0.416 e. The number of carbonyl (C=O) groups is 2. The lowest BCUT2D eigenvalue weighted by Crippen LogP contribution is -2.37. The molecule has 1 aromatic heterocycles. The molecule has 0 aliphatic carbocycles. The average Bonchev–Trinajstić information content (AvgIpc) is 3.16. The van der Waals surface area contributed by atoms with E-state index in [0.717, 1.165) is 66.3 Å². The van der Waals surface area contributed by atoms with Crippen LogP contribution in [0.3, 0.4) is 0 Å². The molecule has 0 saturated carbocycles. The smallest absolute Gasteiger partial charge is 0.341 e. The maximum absolute atomic E-state index is 13.0. The number of fused-ring (bicyclic) bond motifs is 1. The molecule has 0 atom stereocenters. The molecule has 34 heavy (non-hydrogen) atoms. The molecule has 1 aliphatic rings. The number of nitrogens with zero attached hydrogens (tertiary/aromatic N) is 2. The Hall–Kier alpha value is -2.65. The van der Waals surface area contributed by atoms with Crippen LogP contribution in [0, 0.1) is 0 Å². The van der Waals surface area contributed by atoms with E-state index in [2.05, 4.69) is 5.32 Å². The minimum absolute atomic E-state index is 0.0270. The van der Waals surface area contributed by atoms with E-state index in [4.69, 9.17) is 11.6 Å². The minimum atomic E-state index is -4.54. The first-order chi connectivity index (χ1) is 16.2. The number of nitrogens with one attached hydrogen (secondary N) is 1. The van der Waals surface area contributed by atoms with Crippen LogP contribution in [0.2, 0.25) is 5.02 Å². The van der Waals surface area contributed by atoms with Crippen molar-refractivity contribution in [2.45, 2.75) is 36.9 Å². The highest BCUT2D eigenvalue weighted by atomic mass is 35.5. The summed E-state index contributed by atoms with van der Waals surface area (Å²) in [4.78, 5) is 27.9. The number of piperidine rings is 1. The van der Waals surface area contributed by atoms with Gasteiger partial charge in [0.2, 0.25) is 11.8 Å². The van der Waals surface area contributed by atoms with Gasteiger partial charge < -0.3 is 14.8 Å². The van der Waals surface area contributed by atoms with Crippen LogP contribution < -0.4 is 5.32 Å². The van der Waals surface area contributed by atoms with Crippen LogP contribution in [-0.2, 0) is 22.3 Å². The van der Waals surface area contributed by atoms with E-state index >= 15 is 0 Å². The van der Waals surface area contributed by atoms with Gasteiger partial charge in [0.05, 0.1) is 22.0 Å². The molecule has 0 bridgehead atoms. The molecule has 0 unspecified atom stereocenters. The third kappa shape index (κ3) is 5.70. The highest BCUT2D eigenvalue weighted by Gasteiger charge is 2.31. The summed E-state index contributed by atoms with van der Waals surface area (Å²) in [6.07, 6.45) is 0.493. The topological polar surface area (TPSA) is 54.3 Å². The Balaban J connectivity index is 1.45. The maximum Gasteiger partial charge on any atom is 0.416 e. The highest BCUT2D eigenvalue weighted by molar-refractivity contribution is 8.00. The van der Waals surface area contributed by atoms with Gasteiger partial charge in [-0.25, -0.2) is 0 Å². The van der Waals surface area contributed by atoms with Crippen molar-refractivity contribution in [3.8, 4) is 0 Å². The summed E-state index contributed by atoms with van der Waals surface area (Å²) in [6.45, 7) is 1.77. The Morgan fingerprint density at radius 1 is 1.06 bits per heavy atom. The van der Waals surface area contributed by atoms with Crippen molar-refractivity contribution in [2.75, 3.05) is 24.2 Å². The summed E-state index contributed by atoms with van der Waals surface area (Å²) >= 11 is 7.23. The summed E-state index contributed by atoms with van der Waals surface area (Å²) in [7, 11) is 0. The number of likely N-dealkylation sites (tertiary alicyclic amines) is 1. The zero-order chi connectivity index (χ0) is 24.3. The number of benzene rings is 2. The minimum Gasteiger partial charge on any atom is -0.341 e. The van der Waals surface area contributed by atoms with Gasteiger partial charge in [0.1, 0.15) is 6.54 Å². The summed E-state index contributed by atoms with van der Waals surface area (Å²) in [5.74, 6) is -0.443. The molecule has 1 aliphatic heterocycles. The number of thioether (sulfide) groups is 1. The number of hydrogen-bond donors (Lipinski definition) is 1. The Kier molecular flexibility index (Phi) is 7.42. The number of alkyl halides is 3. The first kappa shape index (κ1) is 24.5. The monoisotopic (exact) mass is 509 g/mol. The number of rotatable bonds is 6. The van der Waals surface area contributed by atoms with Gasteiger partial charge in [0, 0.05) is 35.1 Å². The molecule has 1 saturated heterocycles. The predicted octanol–water partition coefficient (Wildman–Crippen LogP) is 6.06. The van der Waals surface area contributed by atoms with Crippen LogP contribution in [0.4, 0.5) is 18.9 Å². The molecule has 180 valence electrons. The highest BCUT2D eigenvalue weighted by Crippen LogP contribution is 2.34. The van der Waals surface area contributed by atoms with Crippen molar-refractivity contribution in [3.05, 3.63) is 59.2 Å². The first-order valence-electron chi connectivity index (χ1n) is 10.9. The number of carbonyl (C=O) groups excluding carboxylic acids is 2. The summed E-state index contributed by atoms with van der Waals surface area (Å²) in [5, 5.41) is 3.40. The van der Waals surface area contributed by atoms with Crippen molar-refractivity contribution >= 4 is 51.8 Å². The van der Waals surface area contributed by atoms with Crippen molar-refractivity contribution < 1.29 is 22.8 Å². The first-order valence-corrected chi connectivity index (χ1v) is 12.2. The van der Waals surface area contributed by atoms with Gasteiger partial charge in [0.25, 0.3) is 0 Å². The molecule has 0 radical (unpaired) electrons. The van der Waals surface area contributed by atoms with Gasteiger partial charge in [0.15, 0.2) is 0 Å². The molecule has 5 nitrogen and oxygen atoms in total. The Bertz CT molecular complexity index is 1210. The number of hydrogen-bond acceptors (Lipinski definition) is 3. The van der Waals surface area contributed by atoms with Crippen LogP contribution in [0.5, 0.6) is 0 Å². The van der Waals surface area contributed by atoms with Crippen LogP contribution in [0.15, 0.2) is 53.6 Å². The van der Waals surface area contributed by atoms with Crippen molar-refractivity contribution in [1.29, 1.82) is 0 Å². The normalized spacial score (nSPS) is 14.4. The van der Waals surface area contributed by atoms with Crippen molar-refractivity contribution in [2.24, 2.45) is 0 Å². The van der Waals surface area contributed by atoms with E-state index in [1.807, 2.05) is 39.9 Å². The van der Waals surface area contributed by atoms with E-state index in [-0.39, 0.29) is 28.9 Å². The fourth-order valence-corrected chi connectivity index (χ4v) is 5.03. The SMILES string of the molecule is O=C(CSc1cn(CC(=O)N2CCCCC2)c2ccccc12)Nc1cc(C(F)(F)F)ccc1Cl. The van der Waals surface area contributed by atoms with Gasteiger partial charge >= 0.3 is 6.18 Å². The lowest BCUT2D eigenvalue weighted by Gasteiger charge is -2.27. The quantitative estimate of drug-likeness (QED) is 0.411. The Morgan fingerprint density at radius 2 is 1.79 bits per heavy atom. The second-order valence-corrected chi connectivity index (χ2v) is 9.53. The van der Waals surface area contributed by atoms with Crippen LogP contribution in [0.25, 0.3) is 10.9 Å². The average molecular weight is 510 g/mol. The summed E-state index contributed by atoms with van der Waals surface area (Å²) < 4.78 is 40.8. The zero-order valence-electron chi connectivity index (χ0n) is 18.2. The molecule has 2 heterocycles. The van der Waals surface area contributed by atoms with Crippen molar-refractivity contribution in [1.82, 2.24) is 9.47 Å². The van der Waals surface area contributed by atoms with Crippen molar-refractivity contribution in [3.63, 3.8) is 0 Å². The zero-order valence-corrected chi connectivity index (χ0v) is 19.8. The molecule has 2 aromatic carbocycles. The maximum atomic E-state index is 13.0. The molecule has 0 spiro atoms. The molecular formula is C24H23ClF3N3O2S. The number of amides is 2. The molecule has 10 heteroatoms. The third-order valence-corrected chi connectivity index (χ3v) is 7.07. The van der Waals surface area contributed by atoms with E-state index in [9.17, 15) is 22.8 Å². The fraction of sp³-hybridized carbons (Fsp3) is 0.333. The number of aromatic nitrogens is 1. The molecule has 1 fully saturated rings. The standard InChI is InChI=1S/C24H23ClF3N3O2S/c25-18-9-8-16(24(26,27)28)12-19(18)29-22(32)15-34-21-13-31(20-7-3-2-6-17(20)21)14-23(33)30-10-4-1-5-11-30/h2-3,6-9,12-13H,1,4-5,10-11,14-15H2,(H,29,32). The van der Waals surface area contributed by atoms with E-state index in [1.54, 1.807) is 0 Å². The molecule has 2 amide bonds. The Morgan fingerprint density at radius 3 is 2.53 bits per heavy atom. The number of halogens is 4. The number of anilines is 1. The van der Waals surface area contributed by atoms with Gasteiger partial charge in [-0.1, -0.05) is 29.8 Å². The second kappa shape index (κ2) is 10.3. The van der Waals surface area contributed by atoms with Crippen LogP contribution >= 0.6 is 23.4 Å². The summed E-state index contributed by atoms with van der Waals surface area (Å²) in [6, 6.07) is 10.4. The molecule has 3 aromatic rings. The molecule has 1 N–H and O–H groups in total. The van der Waals surface area contributed by atoms with Gasteiger partial charge in [-0.3, -0.25) is 9.59 Å². The van der Waals surface area contributed by atoms with Crippen LogP contribution in [0.1, 0.15) is 24.8 Å². The van der Waals surface area contributed by atoms with Gasteiger partial charge in [-0.2, -0.15) is 13.2 Å². The van der Waals surface area contributed by atoms with Crippen LogP contribution in [-0.4, -0.2) is 40.1 Å². The van der Waals surface area contributed by atoms with E-state index in [1.165, 1.54) is 11.8 Å². The predicted molar refractivity (Wildman–Crippen MR) is 128 cm³/mol.